The molecule has 1 aromatic heterocycles. The predicted molar refractivity (Wildman–Crippen MR) is 137 cm³/mol. The maximum absolute atomic E-state index is 13.3. The van der Waals surface area contributed by atoms with Gasteiger partial charge in [-0.25, -0.2) is 0 Å². The molecule has 0 aliphatic carbocycles. The highest BCUT2D eigenvalue weighted by molar-refractivity contribution is 7.49. The fourth-order valence-corrected chi connectivity index (χ4v) is 6.35. The highest BCUT2D eigenvalue weighted by Gasteiger charge is 2.23. The Labute approximate surface area is 186 Å². The van der Waals surface area contributed by atoms with E-state index in [0.29, 0.717) is 5.92 Å². The van der Waals surface area contributed by atoms with E-state index >= 15 is 0 Å². The molecule has 0 amide bonds. The van der Waals surface area contributed by atoms with Crippen molar-refractivity contribution in [2.45, 2.75) is 19.8 Å². The Morgan fingerprint density at radius 3 is 1.97 bits per heavy atom. The normalized spacial score (nSPS) is 11.6. The molecular weight excluding hydrogens is 396 g/mol. The van der Waals surface area contributed by atoms with E-state index < -0.39 is 0 Å². The fourth-order valence-electron chi connectivity index (χ4n) is 4.03. The molecule has 1 heterocycles. The summed E-state index contributed by atoms with van der Waals surface area (Å²) in [5.41, 5.74) is 3.78. The molecule has 0 aliphatic rings. The molecule has 0 fully saturated rings. The van der Waals surface area contributed by atoms with Crippen molar-refractivity contribution in [3.63, 3.8) is 0 Å². The van der Waals surface area contributed by atoms with Crippen LogP contribution in [0.5, 0.6) is 0 Å². The van der Waals surface area contributed by atoms with Crippen molar-refractivity contribution in [1.82, 2.24) is 0 Å². The molecule has 0 saturated heterocycles. The largest absolute Gasteiger partial charge is 0.358 e. The van der Waals surface area contributed by atoms with E-state index in [-0.39, 0.29) is 23.3 Å². The van der Waals surface area contributed by atoms with Gasteiger partial charge in [0.2, 0.25) is 5.43 Å². The minimum atomic E-state index is -0.286. The second-order valence-corrected chi connectivity index (χ2v) is 9.90. The Morgan fingerprint density at radius 2 is 1.26 bits per heavy atom. The number of benzene rings is 4. The van der Waals surface area contributed by atoms with Crippen molar-refractivity contribution in [2.75, 3.05) is 0 Å². The lowest BCUT2D eigenvalue weighted by molar-refractivity contribution is 0.869. The molecule has 5 aromatic rings. The van der Waals surface area contributed by atoms with Crippen LogP contribution in [-0.4, -0.2) is 0 Å². The van der Waals surface area contributed by atoms with E-state index in [2.05, 4.69) is 86.6 Å². The first-order valence-electron chi connectivity index (χ1n) is 10.3. The molecule has 0 N–H and O–H groups in total. The van der Waals surface area contributed by atoms with Crippen LogP contribution in [-0.2, 0) is 0 Å². The van der Waals surface area contributed by atoms with E-state index in [4.69, 9.17) is 0 Å². The van der Waals surface area contributed by atoms with E-state index in [1.165, 1.54) is 21.6 Å². The van der Waals surface area contributed by atoms with Crippen LogP contribution in [0.15, 0.2) is 102 Å². The van der Waals surface area contributed by atoms with Gasteiger partial charge in [-0.2, -0.15) is 0 Å². The average Bonchev–Trinajstić information content (AvgIpc) is 2.80. The monoisotopic (exact) mass is 422 g/mol. The van der Waals surface area contributed by atoms with Gasteiger partial charge in [-0.3, -0.25) is 4.79 Å². The zero-order chi connectivity index (χ0) is 20.7. The minimum absolute atomic E-state index is 0. The topological polar surface area (TPSA) is 17.1 Å². The standard InChI is InChI=1S/C28H23OS.CH3/c1-19(2)22-14-17-27-25(18-22)28(29)24-10-6-7-11-26(24)30(27)23-15-12-21(13-16-23)20-8-4-3-5-9-20;/h3-19H,1-2H3;1H3/q+1;-1. The third-order valence-corrected chi connectivity index (χ3v) is 8.02. The minimum Gasteiger partial charge on any atom is -0.358 e. The van der Waals surface area contributed by atoms with Gasteiger partial charge in [0.05, 0.1) is 10.8 Å². The summed E-state index contributed by atoms with van der Waals surface area (Å²) in [4.78, 5) is 14.5. The fraction of sp³-hybridized carbons (Fsp3) is 0.103. The Bertz CT molecular complexity index is 1410. The van der Waals surface area contributed by atoms with Crippen molar-refractivity contribution < 1.29 is 0 Å². The number of hydrogen-bond donors (Lipinski definition) is 0. The van der Waals surface area contributed by atoms with Gasteiger partial charge in [0.15, 0.2) is 14.3 Å². The summed E-state index contributed by atoms with van der Waals surface area (Å²) in [6.07, 6.45) is 0. The summed E-state index contributed by atoms with van der Waals surface area (Å²) in [6, 6.07) is 33.8. The van der Waals surface area contributed by atoms with Gasteiger partial charge in [0.25, 0.3) is 0 Å². The van der Waals surface area contributed by atoms with Crippen molar-refractivity contribution in [3.8, 4) is 16.0 Å². The molecule has 31 heavy (non-hydrogen) atoms. The molecule has 1 atom stereocenters. The molecule has 154 valence electrons. The van der Waals surface area contributed by atoms with Gasteiger partial charge in [-0.1, -0.05) is 62.4 Å². The first kappa shape index (κ1) is 21.0. The van der Waals surface area contributed by atoms with E-state index in [1.807, 2.05) is 24.3 Å². The first-order chi connectivity index (χ1) is 14.6. The zero-order valence-corrected chi connectivity index (χ0v) is 18.9. The summed E-state index contributed by atoms with van der Waals surface area (Å²) in [7, 11) is -0.286. The van der Waals surface area contributed by atoms with Crippen molar-refractivity contribution in [1.29, 1.82) is 0 Å². The van der Waals surface area contributed by atoms with E-state index in [0.717, 1.165) is 20.2 Å². The van der Waals surface area contributed by atoms with E-state index in [1.54, 1.807) is 0 Å². The van der Waals surface area contributed by atoms with Crippen molar-refractivity contribution in [3.05, 3.63) is 120 Å². The Hall–Kier alpha value is -3.23. The van der Waals surface area contributed by atoms with Crippen LogP contribution >= 0.6 is 10.5 Å². The summed E-state index contributed by atoms with van der Waals surface area (Å²) < 4.78 is 2.26. The maximum atomic E-state index is 13.3. The molecule has 1 unspecified atom stereocenters. The molecule has 5 rings (SSSR count). The lowest BCUT2D eigenvalue weighted by atomic mass is 10.0. The third-order valence-electron chi connectivity index (χ3n) is 5.68. The SMILES string of the molecule is CC(C)c1ccc2c(c1)c(=O)c1ccccc1[s+]2-c1ccc(-c2ccccc2)cc1.[CH3-]. The Balaban J connectivity index is 0.00000231. The molecular formula is C29H26OS. The number of rotatable bonds is 3. The molecule has 4 aromatic carbocycles. The van der Waals surface area contributed by atoms with Gasteiger partial charge >= 0.3 is 0 Å². The quantitative estimate of drug-likeness (QED) is 0.162. The van der Waals surface area contributed by atoms with Crippen LogP contribution < -0.4 is 5.43 Å². The van der Waals surface area contributed by atoms with Crippen LogP contribution in [0.25, 0.3) is 36.2 Å². The number of fused-ring (bicyclic) bond motifs is 2. The average molecular weight is 423 g/mol. The van der Waals surface area contributed by atoms with Crippen LogP contribution in [0, 0.1) is 7.43 Å². The first-order valence-corrected chi connectivity index (χ1v) is 11.5. The summed E-state index contributed by atoms with van der Waals surface area (Å²) >= 11 is 0. The van der Waals surface area contributed by atoms with Gasteiger partial charge < -0.3 is 7.43 Å². The molecule has 0 bridgehead atoms. The molecule has 2 heteroatoms. The second-order valence-electron chi connectivity index (χ2n) is 7.93. The summed E-state index contributed by atoms with van der Waals surface area (Å²) in [5, 5.41) is 1.69. The van der Waals surface area contributed by atoms with Gasteiger partial charge in [0, 0.05) is 10.5 Å². The van der Waals surface area contributed by atoms with Crippen LogP contribution in [0.4, 0.5) is 0 Å². The van der Waals surface area contributed by atoms with Gasteiger partial charge in [0.1, 0.15) is 0 Å². The lowest BCUT2D eigenvalue weighted by Gasteiger charge is -2.08. The summed E-state index contributed by atoms with van der Waals surface area (Å²) in [5.74, 6) is 0.396. The smallest absolute Gasteiger partial charge is 0.203 e. The predicted octanol–water partition coefficient (Wildman–Crippen LogP) is 8.33. The molecule has 0 spiro atoms. The Morgan fingerprint density at radius 1 is 0.645 bits per heavy atom. The number of hydrogen-bond acceptors (Lipinski definition) is 1. The summed E-state index contributed by atoms with van der Waals surface area (Å²) in [6.45, 7) is 4.34. The highest BCUT2D eigenvalue weighted by atomic mass is 32.2. The third kappa shape index (κ3) is 3.68. The molecule has 0 aliphatic heterocycles. The maximum Gasteiger partial charge on any atom is 0.203 e. The van der Waals surface area contributed by atoms with Crippen LogP contribution in [0.1, 0.15) is 25.3 Å². The van der Waals surface area contributed by atoms with Crippen LogP contribution in [0.2, 0.25) is 0 Å². The molecule has 0 radical (unpaired) electrons. The Kier molecular flexibility index (Phi) is 5.75. The van der Waals surface area contributed by atoms with Crippen molar-refractivity contribution >= 4 is 30.6 Å². The second kappa shape index (κ2) is 8.49. The molecule has 0 saturated carbocycles. The highest BCUT2D eigenvalue weighted by Crippen LogP contribution is 2.44. The van der Waals surface area contributed by atoms with Crippen LogP contribution in [0.3, 0.4) is 0 Å². The van der Waals surface area contributed by atoms with E-state index in [9.17, 15) is 4.79 Å². The lowest BCUT2D eigenvalue weighted by Crippen LogP contribution is -2.03. The van der Waals surface area contributed by atoms with Gasteiger partial charge in [-0.05, 0) is 71.1 Å². The van der Waals surface area contributed by atoms with Crippen molar-refractivity contribution in [2.24, 2.45) is 0 Å². The zero-order valence-electron chi connectivity index (χ0n) is 18.1. The molecule has 1 nitrogen and oxygen atoms in total. The van der Waals surface area contributed by atoms with Gasteiger partial charge in [-0.15, -0.1) is 0 Å².